The Hall–Kier alpha value is -1.77. The molecule has 0 aromatic rings. The molecule has 12 atom stereocenters. The van der Waals surface area contributed by atoms with Crippen molar-refractivity contribution >= 4 is 17.7 Å². The van der Waals surface area contributed by atoms with Crippen LogP contribution in [0.15, 0.2) is 11.6 Å². The first-order valence-electron chi connectivity index (χ1n) is 18.2. The summed E-state index contributed by atoms with van der Waals surface area (Å²) in [5.41, 5.74) is -2.19. The van der Waals surface area contributed by atoms with Gasteiger partial charge in [-0.15, -0.1) is 0 Å². The number of carboxylic acids is 1. The number of ketones is 1. The summed E-state index contributed by atoms with van der Waals surface area (Å²) >= 11 is 0. The van der Waals surface area contributed by atoms with Crippen LogP contribution in [0.3, 0.4) is 0 Å². The van der Waals surface area contributed by atoms with E-state index < -0.39 is 45.1 Å². The van der Waals surface area contributed by atoms with Crippen LogP contribution in [0.25, 0.3) is 0 Å². The fourth-order valence-corrected chi connectivity index (χ4v) is 11.8. The lowest BCUT2D eigenvalue weighted by Gasteiger charge is -2.70. The zero-order valence-electron chi connectivity index (χ0n) is 31.2. The first-order valence-corrected chi connectivity index (χ1v) is 18.2. The maximum Gasteiger partial charge on any atom is 0.308 e. The average molecular weight is 658 g/mol. The summed E-state index contributed by atoms with van der Waals surface area (Å²) in [5, 5.41) is 14.4. The number of nitrogens with one attached hydrogen (secondary N) is 1. The van der Waals surface area contributed by atoms with Gasteiger partial charge in [0.2, 0.25) is 0 Å². The first-order chi connectivity index (χ1) is 21.7. The van der Waals surface area contributed by atoms with Gasteiger partial charge in [-0.2, -0.15) is 0 Å². The predicted octanol–water partition coefficient (Wildman–Crippen LogP) is 6.70. The van der Waals surface area contributed by atoms with E-state index in [0.29, 0.717) is 38.1 Å². The third kappa shape index (κ3) is 5.03. The van der Waals surface area contributed by atoms with Crippen LogP contribution in [0, 0.1) is 62.6 Å². The SMILES string of the molecule is CN[C@](C)(CO[C@H]1[C@H](OC(C)=O)C[C@@]23COCC1(C)[C@@H]2CC[C@H]1C3=CC(=O)[C@@]2(C)[C@H](C(=O)O)[C@@](C)([C@H](C)C(C)C)CC[C@]12C)C(C)C. The van der Waals surface area contributed by atoms with Crippen molar-refractivity contribution in [3.05, 3.63) is 11.6 Å². The minimum Gasteiger partial charge on any atom is -0.481 e. The van der Waals surface area contributed by atoms with Gasteiger partial charge in [0.15, 0.2) is 5.78 Å². The zero-order chi connectivity index (χ0) is 35.1. The number of hydrogen-bond donors (Lipinski definition) is 2. The van der Waals surface area contributed by atoms with Gasteiger partial charge >= 0.3 is 11.9 Å². The van der Waals surface area contributed by atoms with E-state index in [-0.39, 0.29) is 41.1 Å². The van der Waals surface area contributed by atoms with Crippen LogP contribution >= 0.6 is 0 Å². The predicted molar refractivity (Wildman–Crippen MR) is 182 cm³/mol. The van der Waals surface area contributed by atoms with Gasteiger partial charge in [0, 0.05) is 28.7 Å². The molecule has 2 bridgehead atoms. The molecule has 0 spiro atoms. The molecule has 0 amide bonds. The fourth-order valence-electron chi connectivity index (χ4n) is 11.8. The van der Waals surface area contributed by atoms with Gasteiger partial charge in [-0.1, -0.05) is 67.9 Å². The van der Waals surface area contributed by atoms with E-state index in [2.05, 4.69) is 67.6 Å². The Morgan fingerprint density at radius 1 is 1.09 bits per heavy atom. The molecule has 0 radical (unpaired) electrons. The number of carbonyl (C=O) groups excluding carboxylic acids is 2. The smallest absolute Gasteiger partial charge is 0.308 e. The molecule has 1 unspecified atom stereocenters. The number of rotatable bonds is 9. The first kappa shape index (κ1) is 36.5. The van der Waals surface area contributed by atoms with E-state index in [4.69, 9.17) is 14.2 Å². The van der Waals surface area contributed by atoms with Crippen molar-refractivity contribution in [3.63, 3.8) is 0 Å². The lowest BCUT2D eigenvalue weighted by molar-refractivity contribution is -0.268. The highest BCUT2D eigenvalue weighted by atomic mass is 16.6. The summed E-state index contributed by atoms with van der Waals surface area (Å²) in [5.74, 6) is -1.08. The highest BCUT2D eigenvalue weighted by molar-refractivity contribution is 6.00. The van der Waals surface area contributed by atoms with Crippen molar-refractivity contribution in [1.82, 2.24) is 5.32 Å². The van der Waals surface area contributed by atoms with Gasteiger partial charge in [-0.05, 0) is 92.6 Å². The van der Waals surface area contributed by atoms with Gasteiger partial charge in [-0.25, -0.2) is 0 Å². The number of fused-ring (bicyclic) bond motifs is 3. The highest BCUT2D eigenvalue weighted by Gasteiger charge is 2.74. The Labute approximate surface area is 283 Å². The summed E-state index contributed by atoms with van der Waals surface area (Å²) in [6.07, 6.45) is 4.92. The molecule has 4 aliphatic carbocycles. The molecule has 5 rings (SSSR count). The van der Waals surface area contributed by atoms with Crippen molar-refractivity contribution in [2.45, 2.75) is 126 Å². The molecule has 47 heavy (non-hydrogen) atoms. The lowest BCUT2D eigenvalue weighted by atomic mass is 9.34. The second-order valence-corrected chi connectivity index (χ2v) is 18.1. The quantitative estimate of drug-likeness (QED) is 0.264. The van der Waals surface area contributed by atoms with Crippen molar-refractivity contribution in [2.75, 3.05) is 26.9 Å². The van der Waals surface area contributed by atoms with Gasteiger partial charge in [0.1, 0.15) is 12.2 Å². The summed E-state index contributed by atoms with van der Waals surface area (Å²) < 4.78 is 19.6. The van der Waals surface area contributed by atoms with Crippen molar-refractivity contribution in [3.8, 4) is 0 Å². The van der Waals surface area contributed by atoms with Gasteiger partial charge in [0.05, 0.1) is 25.7 Å². The van der Waals surface area contributed by atoms with Gasteiger partial charge in [-0.3, -0.25) is 14.4 Å². The molecule has 8 heteroatoms. The molecule has 1 aliphatic heterocycles. The van der Waals surface area contributed by atoms with Gasteiger partial charge < -0.3 is 24.6 Å². The number of likely N-dealkylation sites (N-methyl/N-ethyl adjacent to an activating group) is 1. The normalized spacial score (nSPS) is 44.9. The largest absolute Gasteiger partial charge is 0.481 e. The molecular weight excluding hydrogens is 594 g/mol. The molecule has 2 N–H and O–H groups in total. The standard InChI is InChI=1S/C39H63NO7/c1-22(2)24(5)34(7)15-16-36(9)26-13-14-29-35(8)19-45-21-39(29,27(26)17-30(42)38(36,11)31(34)33(43)44)18-28(47-25(6)41)32(35)46-20-37(10,40-12)23(3)4/h17,22-24,26,28-29,31-32,40H,13-16,18-21H2,1-12H3,(H,43,44)/t24-,26+,28-,29+,31-,32+,34-,35?,36-,37-,38+,39+/m1/s1. The van der Waals surface area contributed by atoms with E-state index in [0.717, 1.165) is 31.3 Å². The van der Waals surface area contributed by atoms with E-state index in [9.17, 15) is 19.5 Å². The molecule has 3 saturated carbocycles. The monoisotopic (exact) mass is 657 g/mol. The van der Waals surface area contributed by atoms with Crippen molar-refractivity contribution < 1.29 is 33.7 Å². The van der Waals surface area contributed by atoms with E-state index in [1.807, 2.05) is 20.0 Å². The Morgan fingerprint density at radius 3 is 2.30 bits per heavy atom. The Morgan fingerprint density at radius 2 is 1.74 bits per heavy atom. The summed E-state index contributed by atoms with van der Waals surface area (Å²) in [6.45, 7) is 24.4. The van der Waals surface area contributed by atoms with Crippen LogP contribution < -0.4 is 5.32 Å². The Kier molecular flexibility index (Phi) is 9.27. The van der Waals surface area contributed by atoms with E-state index >= 15 is 0 Å². The fraction of sp³-hybridized carbons (Fsp3) is 0.872. The minimum absolute atomic E-state index is 0.0390. The second kappa shape index (κ2) is 11.9. The average Bonchev–Trinajstić information content (AvgIpc) is 2.97. The molecule has 8 nitrogen and oxygen atoms in total. The minimum atomic E-state index is -1.05. The van der Waals surface area contributed by atoms with Crippen LogP contribution in [0.1, 0.15) is 108 Å². The third-order valence-corrected chi connectivity index (χ3v) is 15.7. The number of hydrogen-bond acceptors (Lipinski definition) is 7. The molecule has 266 valence electrons. The number of allylic oxidation sites excluding steroid dienone is 1. The number of aliphatic carboxylic acids is 1. The summed E-state index contributed by atoms with van der Waals surface area (Å²) in [6, 6.07) is 0. The number of carboxylic acid groups (broad SMARTS) is 1. The molecule has 4 fully saturated rings. The van der Waals surface area contributed by atoms with Crippen LogP contribution in [-0.2, 0) is 28.6 Å². The maximum atomic E-state index is 14.9. The van der Waals surface area contributed by atoms with Crippen molar-refractivity contribution in [2.24, 2.45) is 62.6 Å². The van der Waals surface area contributed by atoms with E-state index in [1.165, 1.54) is 6.92 Å². The number of esters is 1. The number of carbonyl (C=O) groups is 3. The van der Waals surface area contributed by atoms with Gasteiger partial charge in [0.25, 0.3) is 0 Å². The van der Waals surface area contributed by atoms with Crippen LogP contribution in [0.2, 0.25) is 0 Å². The Bertz CT molecular complexity index is 1310. The zero-order valence-corrected chi connectivity index (χ0v) is 31.2. The molecule has 0 aromatic heterocycles. The maximum absolute atomic E-state index is 14.9. The molecule has 1 heterocycles. The third-order valence-electron chi connectivity index (χ3n) is 15.7. The lowest BCUT2D eigenvalue weighted by Crippen LogP contribution is -2.71. The van der Waals surface area contributed by atoms with Crippen molar-refractivity contribution in [1.29, 1.82) is 0 Å². The van der Waals surface area contributed by atoms with Crippen LogP contribution in [0.5, 0.6) is 0 Å². The number of ether oxygens (including phenoxy) is 3. The molecule has 5 aliphatic rings. The topological polar surface area (TPSA) is 111 Å². The van der Waals surface area contributed by atoms with Crippen LogP contribution in [-0.4, -0.2) is 67.4 Å². The Balaban J connectivity index is 1.61. The molecular formula is C39H63NO7. The summed E-state index contributed by atoms with van der Waals surface area (Å²) in [4.78, 5) is 40.9. The summed E-state index contributed by atoms with van der Waals surface area (Å²) in [7, 11) is 1.96. The highest BCUT2D eigenvalue weighted by Crippen LogP contribution is 2.74. The molecule has 0 aromatic carbocycles. The van der Waals surface area contributed by atoms with Crippen LogP contribution in [0.4, 0.5) is 0 Å². The molecule has 1 saturated heterocycles. The van der Waals surface area contributed by atoms with E-state index in [1.54, 1.807) is 0 Å². The second-order valence-electron chi connectivity index (χ2n) is 18.1.